The number of H-pyrrole nitrogens is 1. The number of halogens is 5. The van der Waals surface area contributed by atoms with E-state index >= 15 is 8.78 Å². The van der Waals surface area contributed by atoms with Crippen molar-refractivity contribution in [1.29, 1.82) is 0 Å². The van der Waals surface area contributed by atoms with Crippen LogP contribution >= 0.6 is 0 Å². The van der Waals surface area contributed by atoms with Gasteiger partial charge in [-0.05, 0) is 44.4 Å². The minimum Gasteiger partial charge on any atom is -0.467 e. The number of piperazine rings is 1. The molecule has 2 aliphatic rings. The SMILES string of the molecule is COc1nc(N2CC3CCC(C2)N3)c2cc(F)c(-c3c(C(F)(F)F)c(C)cc4n[nH]c(C)c34)c(F)c2n1. The van der Waals surface area contributed by atoms with Crippen molar-refractivity contribution in [2.75, 3.05) is 25.1 Å². The highest BCUT2D eigenvalue weighted by Gasteiger charge is 2.40. The molecule has 0 radical (unpaired) electrons. The number of fused-ring (bicyclic) bond motifs is 4. The first-order chi connectivity index (χ1) is 17.6. The highest BCUT2D eigenvalue weighted by atomic mass is 19.4. The minimum absolute atomic E-state index is 0.00463. The van der Waals surface area contributed by atoms with Gasteiger partial charge in [0, 0.05) is 47.2 Å². The number of methoxy groups -OCH3 is 1. The molecule has 194 valence electrons. The van der Waals surface area contributed by atoms with E-state index in [-0.39, 0.29) is 57.0 Å². The van der Waals surface area contributed by atoms with Gasteiger partial charge in [-0.3, -0.25) is 5.10 Å². The third-order valence-electron chi connectivity index (χ3n) is 7.30. The van der Waals surface area contributed by atoms with Gasteiger partial charge in [-0.15, -0.1) is 0 Å². The van der Waals surface area contributed by atoms with E-state index in [2.05, 4.69) is 25.5 Å². The number of nitrogens with zero attached hydrogens (tertiary/aromatic N) is 4. The molecule has 0 aliphatic carbocycles. The van der Waals surface area contributed by atoms with Crippen molar-refractivity contribution in [2.24, 2.45) is 0 Å². The van der Waals surface area contributed by atoms with Crippen LogP contribution in [0.15, 0.2) is 12.1 Å². The lowest BCUT2D eigenvalue weighted by Gasteiger charge is -2.34. The number of aromatic nitrogens is 4. The first-order valence-corrected chi connectivity index (χ1v) is 11.9. The smallest absolute Gasteiger partial charge is 0.417 e. The minimum atomic E-state index is -4.88. The fourth-order valence-corrected chi connectivity index (χ4v) is 5.77. The molecule has 2 atom stereocenters. The third-order valence-corrected chi connectivity index (χ3v) is 7.30. The molecule has 2 aromatic carbocycles. The quantitative estimate of drug-likeness (QED) is 0.370. The second-order valence-electron chi connectivity index (χ2n) is 9.70. The maximum absolute atomic E-state index is 16.3. The number of ether oxygens (including phenoxy) is 1. The van der Waals surface area contributed by atoms with Gasteiger partial charge in [0.25, 0.3) is 0 Å². The monoisotopic (exact) mass is 518 g/mol. The molecule has 2 aromatic heterocycles. The largest absolute Gasteiger partial charge is 0.467 e. The fourth-order valence-electron chi connectivity index (χ4n) is 5.77. The van der Waals surface area contributed by atoms with Gasteiger partial charge in [0.05, 0.1) is 23.8 Å². The van der Waals surface area contributed by atoms with Crippen LogP contribution in [0.5, 0.6) is 6.01 Å². The van der Waals surface area contributed by atoms with E-state index in [4.69, 9.17) is 4.74 Å². The van der Waals surface area contributed by atoms with Gasteiger partial charge in [0.2, 0.25) is 0 Å². The summed E-state index contributed by atoms with van der Waals surface area (Å²) >= 11 is 0. The van der Waals surface area contributed by atoms with Gasteiger partial charge in [0.1, 0.15) is 17.2 Å². The lowest BCUT2D eigenvalue weighted by Crippen LogP contribution is -2.51. The van der Waals surface area contributed by atoms with Gasteiger partial charge in [0.15, 0.2) is 5.82 Å². The normalized spacial score (nSPS) is 19.8. The number of nitrogens with one attached hydrogen (secondary N) is 2. The molecular formula is C25H23F5N6O. The van der Waals surface area contributed by atoms with Crippen LogP contribution in [0.3, 0.4) is 0 Å². The summed E-state index contributed by atoms with van der Waals surface area (Å²) in [6.07, 6.45) is -2.93. The summed E-state index contributed by atoms with van der Waals surface area (Å²) in [6.45, 7) is 3.89. The molecule has 2 fully saturated rings. The van der Waals surface area contributed by atoms with Crippen molar-refractivity contribution in [3.05, 3.63) is 40.6 Å². The lowest BCUT2D eigenvalue weighted by atomic mass is 9.90. The van der Waals surface area contributed by atoms with Gasteiger partial charge in [-0.1, -0.05) is 0 Å². The van der Waals surface area contributed by atoms with Crippen LogP contribution in [-0.4, -0.2) is 52.4 Å². The number of hydrogen-bond donors (Lipinski definition) is 2. The van der Waals surface area contributed by atoms with E-state index < -0.39 is 34.5 Å². The van der Waals surface area contributed by atoms with Crippen LogP contribution < -0.4 is 15.0 Å². The molecule has 0 amide bonds. The number of aryl methyl sites for hydroxylation is 2. The van der Waals surface area contributed by atoms with Gasteiger partial charge < -0.3 is 15.0 Å². The maximum Gasteiger partial charge on any atom is 0.417 e. The number of anilines is 1. The Kier molecular flexibility index (Phi) is 5.30. The number of benzene rings is 2. The van der Waals surface area contributed by atoms with Crippen LogP contribution in [0.25, 0.3) is 32.9 Å². The molecule has 0 saturated carbocycles. The molecule has 2 aliphatic heterocycles. The topological polar surface area (TPSA) is 79.0 Å². The molecule has 2 N–H and O–H groups in total. The van der Waals surface area contributed by atoms with E-state index in [9.17, 15) is 13.2 Å². The molecule has 6 rings (SSSR count). The van der Waals surface area contributed by atoms with Crippen LogP contribution in [0, 0.1) is 25.5 Å². The van der Waals surface area contributed by atoms with Crippen molar-refractivity contribution in [1.82, 2.24) is 25.5 Å². The number of rotatable bonds is 3. The summed E-state index contributed by atoms with van der Waals surface area (Å²) in [4.78, 5) is 10.4. The molecule has 12 heteroatoms. The Labute approximate surface area is 208 Å². The van der Waals surface area contributed by atoms with Crippen LogP contribution in [-0.2, 0) is 6.18 Å². The third kappa shape index (κ3) is 3.68. The summed E-state index contributed by atoms with van der Waals surface area (Å²) in [7, 11) is 1.31. The first kappa shape index (κ1) is 23.8. The van der Waals surface area contributed by atoms with E-state index in [0.717, 1.165) is 18.9 Å². The molecule has 2 bridgehead atoms. The Morgan fingerprint density at radius 3 is 2.38 bits per heavy atom. The number of aromatic amines is 1. The highest BCUT2D eigenvalue weighted by Crippen LogP contribution is 2.47. The predicted octanol–water partition coefficient (Wildman–Crippen LogP) is 5.04. The van der Waals surface area contributed by atoms with E-state index in [0.29, 0.717) is 13.1 Å². The van der Waals surface area contributed by atoms with Crippen molar-refractivity contribution < 1.29 is 26.7 Å². The standard InChI is InChI=1S/C25H23F5N6O/c1-10-6-16-17(11(2)34-35-16)19(20(10)25(28,29)30)18-15(26)7-14-22(21(18)27)32-24(37-3)33-23(14)36-8-12-4-5-13(9-36)31-12/h6-7,12-13,31H,4-5,8-9H2,1-3H3,(H,34,35). The highest BCUT2D eigenvalue weighted by molar-refractivity contribution is 6.02. The first-order valence-electron chi connectivity index (χ1n) is 11.9. The van der Waals surface area contributed by atoms with Crippen LogP contribution in [0.2, 0.25) is 0 Å². The van der Waals surface area contributed by atoms with Crippen molar-refractivity contribution in [3.63, 3.8) is 0 Å². The van der Waals surface area contributed by atoms with Crippen LogP contribution in [0.4, 0.5) is 27.8 Å². The van der Waals surface area contributed by atoms with E-state index in [1.165, 1.54) is 27.0 Å². The maximum atomic E-state index is 16.3. The molecule has 37 heavy (non-hydrogen) atoms. The predicted molar refractivity (Wildman–Crippen MR) is 128 cm³/mol. The van der Waals surface area contributed by atoms with E-state index in [1.54, 1.807) is 0 Å². The Hall–Kier alpha value is -3.54. The molecule has 2 saturated heterocycles. The number of hydrogen-bond acceptors (Lipinski definition) is 6. The summed E-state index contributed by atoms with van der Waals surface area (Å²) in [5, 5.41) is 10.2. The van der Waals surface area contributed by atoms with Crippen molar-refractivity contribution >= 4 is 27.6 Å². The molecular weight excluding hydrogens is 495 g/mol. The van der Waals surface area contributed by atoms with Crippen molar-refractivity contribution in [2.45, 2.75) is 44.9 Å². The Morgan fingerprint density at radius 2 is 1.73 bits per heavy atom. The average molecular weight is 518 g/mol. The lowest BCUT2D eigenvalue weighted by molar-refractivity contribution is -0.137. The second kappa shape index (κ2) is 8.23. The Bertz CT molecular complexity index is 1550. The Morgan fingerprint density at radius 1 is 1.03 bits per heavy atom. The van der Waals surface area contributed by atoms with Gasteiger partial charge in [-0.25, -0.2) is 8.78 Å². The number of alkyl halides is 3. The molecule has 0 spiro atoms. The van der Waals surface area contributed by atoms with Crippen LogP contribution in [0.1, 0.15) is 29.7 Å². The zero-order chi connectivity index (χ0) is 26.2. The second-order valence-corrected chi connectivity index (χ2v) is 9.70. The summed E-state index contributed by atoms with van der Waals surface area (Å²) in [6, 6.07) is 2.54. The zero-order valence-electron chi connectivity index (χ0n) is 20.2. The molecule has 2 unspecified atom stereocenters. The molecule has 7 nitrogen and oxygen atoms in total. The molecule has 4 heterocycles. The van der Waals surface area contributed by atoms with Crippen molar-refractivity contribution in [3.8, 4) is 17.1 Å². The van der Waals surface area contributed by atoms with Gasteiger partial charge >= 0.3 is 12.2 Å². The summed E-state index contributed by atoms with van der Waals surface area (Å²) in [5.74, 6) is -2.07. The van der Waals surface area contributed by atoms with Gasteiger partial charge in [-0.2, -0.15) is 28.2 Å². The summed E-state index contributed by atoms with van der Waals surface area (Å²) < 4.78 is 80.3. The Balaban J connectivity index is 1.67. The molecule has 4 aromatic rings. The fraction of sp³-hybridized carbons (Fsp3) is 0.400. The average Bonchev–Trinajstić information content (AvgIpc) is 3.37. The zero-order valence-corrected chi connectivity index (χ0v) is 20.2. The summed E-state index contributed by atoms with van der Waals surface area (Å²) in [5.41, 5.74) is -2.62. The van der Waals surface area contributed by atoms with E-state index in [1.807, 2.05) is 4.90 Å².